The average molecular weight is 425 g/mol. The van der Waals surface area contributed by atoms with Crippen LogP contribution < -0.4 is 14.8 Å². The molecule has 0 aromatic heterocycles. The van der Waals surface area contributed by atoms with Crippen molar-refractivity contribution >= 4 is 27.3 Å². The Hall–Kier alpha value is -3.90. The third-order valence-corrected chi connectivity index (χ3v) is 5.30. The molecule has 0 spiro atoms. The van der Waals surface area contributed by atoms with Crippen molar-refractivity contribution in [3.05, 3.63) is 84.2 Å². The standard InChI is InChI=1S/C21H16FN3O4S/c22-19-6-1-2-7-20(19)25-30(27,28)18-5-3-4-15(14-18)21(26)24-16-8-10-17(11-9-16)29-13-12-23/h1-11,14,25H,13H2,(H,24,26). The second-order valence-electron chi connectivity index (χ2n) is 6.04. The largest absolute Gasteiger partial charge is 0.479 e. The SMILES string of the molecule is N#CCOc1ccc(NC(=O)c2cccc(S(=O)(=O)Nc3ccccc3F)c2)cc1. The molecule has 0 radical (unpaired) electrons. The highest BCUT2D eigenvalue weighted by atomic mass is 32.2. The van der Waals surface area contributed by atoms with Gasteiger partial charge in [-0.3, -0.25) is 9.52 Å². The molecule has 0 heterocycles. The lowest BCUT2D eigenvalue weighted by molar-refractivity contribution is 0.102. The molecule has 0 unspecified atom stereocenters. The Balaban J connectivity index is 1.75. The Morgan fingerprint density at radius 1 is 1.03 bits per heavy atom. The van der Waals surface area contributed by atoms with Gasteiger partial charge in [0, 0.05) is 11.3 Å². The first-order valence-corrected chi connectivity index (χ1v) is 10.2. The van der Waals surface area contributed by atoms with Crippen LogP contribution in [-0.4, -0.2) is 20.9 Å². The monoisotopic (exact) mass is 425 g/mol. The number of halogens is 1. The van der Waals surface area contributed by atoms with E-state index in [1.165, 1.54) is 42.5 Å². The Morgan fingerprint density at radius 2 is 1.77 bits per heavy atom. The lowest BCUT2D eigenvalue weighted by Crippen LogP contribution is -2.16. The van der Waals surface area contributed by atoms with E-state index in [0.717, 1.165) is 6.07 Å². The Kier molecular flexibility index (Phi) is 6.29. The molecule has 0 saturated heterocycles. The first kappa shape index (κ1) is 20.8. The molecule has 0 saturated carbocycles. The number of hydrogen-bond acceptors (Lipinski definition) is 5. The van der Waals surface area contributed by atoms with Gasteiger partial charge in [-0.25, -0.2) is 12.8 Å². The Bertz CT molecular complexity index is 1210. The molecule has 1 amide bonds. The number of amides is 1. The van der Waals surface area contributed by atoms with Crippen LogP contribution in [0.15, 0.2) is 77.7 Å². The van der Waals surface area contributed by atoms with Crippen LogP contribution in [0.25, 0.3) is 0 Å². The quantitative estimate of drug-likeness (QED) is 0.599. The second-order valence-corrected chi connectivity index (χ2v) is 7.72. The zero-order valence-corrected chi connectivity index (χ0v) is 16.3. The number of anilines is 2. The number of nitrogens with zero attached hydrogens (tertiary/aromatic N) is 1. The van der Waals surface area contributed by atoms with E-state index in [1.54, 1.807) is 24.3 Å². The summed E-state index contributed by atoms with van der Waals surface area (Å²) >= 11 is 0. The van der Waals surface area contributed by atoms with Gasteiger partial charge in [-0.2, -0.15) is 5.26 Å². The van der Waals surface area contributed by atoms with Crippen molar-refractivity contribution in [2.45, 2.75) is 4.90 Å². The van der Waals surface area contributed by atoms with Crippen molar-refractivity contribution < 1.29 is 22.3 Å². The normalized spacial score (nSPS) is 10.7. The molecule has 0 fully saturated rings. The van der Waals surface area contributed by atoms with Crippen molar-refractivity contribution in [1.82, 2.24) is 0 Å². The maximum Gasteiger partial charge on any atom is 0.262 e. The molecule has 9 heteroatoms. The van der Waals surface area contributed by atoms with Gasteiger partial charge >= 0.3 is 0 Å². The van der Waals surface area contributed by atoms with E-state index in [0.29, 0.717) is 11.4 Å². The number of carbonyl (C=O) groups excluding carboxylic acids is 1. The fourth-order valence-corrected chi connectivity index (χ4v) is 3.62. The first-order valence-electron chi connectivity index (χ1n) is 8.67. The van der Waals surface area contributed by atoms with Crippen LogP contribution in [0.1, 0.15) is 10.4 Å². The highest BCUT2D eigenvalue weighted by Gasteiger charge is 2.18. The second kappa shape index (κ2) is 9.07. The van der Waals surface area contributed by atoms with E-state index in [-0.39, 0.29) is 22.8 Å². The molecule has 3 rings (SSSR count). The number of ether oxygens (including phenoxy) is 1. The molecular weight excluding hydrogens is 409 g/mol. The minimum Gasteiger partial charge on any atom is -0.479 e. The summed E-state index contributed by atoms with van der Waals surface area (Å²) in [5, 5.41) is 11.1. The number of carbonyl (C=O) groups is 1. The van der Waals surface area contributed by atoms with Gasteiger partial charge < -0.3 is 10.1 Å². The third-order valence-electron chi connectivity index (χ3n) is 3.94. The van der Waals surface area contributed by atoms with Gasteiger partial charge in [0.2, 0.25) is 0 Å². The van der Waals surface area contributed by atoms with Crippen LogP contribution in [-0.2, 0) is 10.0 Å². The highest BCUT2D eigenvalue weighted by molar-refractivity contribution is 7.92. The van der Waals surface area contributed by atoms with Gasteiger partial charge in [0.05, 0.1) is 10.6 Å². The summed E-state index contributed by atoms with van der Waals surface area (Å²) in [5.74, 6) is -0.761. The van der Waals surface area contributed by atoms with Crippen molar-refractivity contribution in [1.29, 1.82) is 5.26 Å². The van der Waals surface area contributed by atoms with Crippen molar-refractivity contribution in [2.75, 3.05) is 16.6 Å². The minimum absolute atomic E-state index is 0.0894. The van der Waals surface area contributed by atoms with Crippen molar-refractivity contribution in [2.24, 2.45) is 0 Å². The van der Waals surface area contributed by atoms with Crippen LogP contribution in [0.3, 0.4) is 0 Å². The summed E-state index contributed by atoms with van der Waals surface area (Å²) in [6.07, 6.45) is 0. The number of rotatable bonds is 7. The predicted molar refractivity (Wildman–Crippen MR) is 109 cm³/mol. The van der Waals surface area contributed by atoms with E-state index in [4.69, 9.17) is 10.00 Å². The van der Waals surface area contributed by atoms with E-state index in [9.17, 15) is 17.6 Å². The van der Waals surface area contributed by atoms with Crippen LogP contribution in [0.2, 0.25) is 0 Å². The number of hydrogen-bond donors (Lipinski definition) is 2. The van der Waals surface area contributed by atoms with Crippen LogP contribution in [0.4, 0.5) is 15.8 Å². The van der Waals surface area contributed by atoms with Gasteiger partial charge in [0.15, 0.2) is 6.61 Å². The molecule has 152 valence electrons. The first-order chi connectivity index (χ1) is 14.4. The summed E-state index contributed by atoms with van der Waals surface area (Å²) in [5.41, 5.74) is 0.379. The van der Waals surface area contributed by atoms with E-state index < -0.39 is 21.7 Å². The number of nitriles is 1. The van der Waals surface area contributed by atoms with E-state index in [1.807, 2.05) is 6.07 Å². The minimum atomic E-state index is -4.09. The zero-order valence-electron chi connectivity index (χ0n) is 15.5. The number of sulfonamides is 1. The summed E-state index contributed by atoms with van der Waals surface area (Å²) in [7, 11) is -4.09. The van der Waals surface area contributed by atoms with Gasteiger partial charge in [0.1, 0.15) is 17.6 Å². The maximum absolute atomic E-state index is 13.8. The molecule has 0 aliphatic carbocycles. The van der Waals surface area contributed by atoms with E-state index >= 15 is 0 Å². The average Bonchev–Trinajstić information content (AvgIpc) is 2.75. The zero-order chi connectivity index (χ0) is 21.6. The molecular formula is C21H16FN3O4S. The fraction of sp³-hybridized carbons (Fsp3) is 0.0476. The van der Waals surface area contributed by atoms with Gasteiger partial charge in [-0.05, 0) is 54.6 Å². The van der Waals surface area contributed by atoms with E-state index in [2.05, 4.69) is 10.0 Å². The molecule has 30 heavy (non-hydrogen) atoms. The number of nitrogens with one attached hydrogen (secondary N) is 2. The number of benzene rings is 3. The molecule has 7 nitrogen and oxygen atoms in total. The Morgan fingerprint density at radius 3 is 2.47 bits per heavy atom. The molecule has 0 aliphatic rings. The maximum atomic E-state index is 13.8. The number of para-hydroxylation sites is 1. The smallest absolute Gasteiger partial charge is 0.262 e. The van der Waals surface area contributed by atoms with Crippen LogP contribution >= 0.6 is 0 Å². The molecule has 2 N–H and O–H groups in total. The summed E-state index contributed by atoms with van der Waals surface area (Å²) in [4.78, 5) is 12.3. The van der Waals surface area contributed by atoms with Gasteiger partial charge in [-0.15, -0.1) is 0 Å². The fourth-order valence-electron chi connectivity index (χ4n) is 2.51. The third kappa shape index (κ3) is 5.12. The molecule has 3 aromatic carbocycles. The van der Waals surface area contributed by atoms with Crippen molar-refractivity contribution in [3.8, 4) is 11.8 Å². The Labute approximate surface area is 172 Å². The van der Waals surface area contributed by atoms with Crippen molar-refractivity contribution in [3.63, 3.8) is 0 Å². The summed E-state index contributed by atoms with van der Waals surface area (Å²) in [6.45, 7) is -0.0894. The van der Waals surface area contributed by atoms with Crippen LogP contribution in [0, 0.1) is 17.1 Å². The van der Waals surface area contributed by atoms with Crippen LogP contribution in [0.5, 0.6) is 5.75 Å². The predicted octanol–water partition coefficient (Wildman–Crippen LogP) is 3.78. The molecule has 3 aromatic rings. The summed E-state index contributed by atoms with van der Waals surface area (Å²) < 4.78 is 46.2. The molecule has 0 bridgehead atoms. The van der Waals surface area contributed by atoms with Gasteiger partial charge in [0.25, 0.3) is 15.9 Å². The topological polar surface area (TPSA) is 108 Å². The summed E-state index contributed by atoms with van der Waals surface area (Å²) in [6, 6.07) is 19.0. The lowest BCUT2D eigenvalue weighted by Gasteiger charge is -2.11. The van der Waals surface area contributed by atoms with Gasteiger partial charge in [-0.1, -0.05) is 18.2 Å². The molecule has 0 aliphatic heterocycles. The lowest BCUT2D eigenvalue weighted by atomic mass is 10.2. The molecule has 0 atom stereocenters. The highest BCUT2D eigenvalue weighted by Crippen LogP contribution is 2.21.